The predicted octanol–water partition coefficient (Wildman–Crippen LogP) is 3.94. The van der Waals surface area contributed by atoms with Gasteiger partial charge in [-0.15, -0.1) is 0 Å². The first-order valence-corrected chi connectivity index (χ1v) is 17.4. The lowest BCUT2D eigenvalue weighted by Crippen LogP contribution is -2.52. The molecule has 1 aliphatic carbocycles. The molecule has 5 rings (SSSR count). The molecule has 292 valence electrons. The molecule has 0 spiro atoms. The second-order valence-corrected chi connectivity index (χ2v) is 13.0. The van der Waals surface area contributed by atoms with Crippen molar-refractivity contribution < 1.29 is 68.8 Å². The van der Waals surface area contributed by atoms with Crippen molar-refractivity contribution in [1.29, 1.82) is 0 Å². The second kappa shape index (κ2) is 19.1. The second-order valence-electron chi connectivity index (χ2n) is 13.0. The minimum atomic E-state index is -1.40. The van der Waals surface area contributed by atoms with Crippen molar-refractivity contribution in [3.63, 3.8) is 0 Å². The van der Waals surface area contributed by atoms with E-state index in [2.05, 4.69) is 0 Å². The van der Waals surface area contributed by atoms with Crippen LogP contribution < -0.4 is 0 Å². The molecule has 0 amide bonds. The number of phenols is 4. The molecule has 0 saturated heterocycles. The minimum absolute atomic E-state index is 0.0624. The van der Waals surface area contributed by atoms with E-state index in [-0.39, 0.29) is 23.0 Å². The third-order valence-electron chi connectivity index (χ3n) is 8.93. The summed E-state index contributed by atoms with van der Waals surface area (Å²) in [4.78, 5) is 51.9. The molecule has 0 heterocycles. The van der Waals surface area contributed by atoms with Gasteiger partial charge in [0, 0.05) is 24.0 Å². The molecule has 0 bridgehead atoms. The topological polar surface area (TPSA) is 227 Å². The van der Waals surface area contributed by atoms with Crippen LogP contribution in [0.3, 0.4) is 0 Å². The summed E-state index contributed by atoms with van der Waals surface area (Å²) >= 11 is 0. The van der Waals surface area contributed by atoms with E-state index in [9.17, 15) is 49.8 Å². The standard InChI is InChI=1S/C42H40O14/c43-29-11-1-25(2-12-29)5-19-35(49)53-21-33(47)23-55-41(51)39-37(27-7-15-31(45)16-8-27)40(38(39)28-9-17-32(46)18-10-28)42(52)56-24-34(48)22-54-36(50)20-6-26-3-13-30(44)14-4-26/h1-20,33-34,37-40,43-48H,21-24H2/b19-5+,20-6+/t33-,34-,37?,38?,39?,40?/m1/s1. The number of carbonyl (C=O) groups excluding carboxylic acids is 4. The van der Waals surface area contributed by atoms with Crippen LogP contribution in [0, 0.1) is 11.8 Å². The highest BCUT2D eigenvalue weighted by Crippen LogP contribution is 2.58. The summed E-state index contributed by atoms with van der Waals surface area (Å²) in [7, 11) is 0. The van der Waals surface area contributed by atoms with Gasteiger partial charge in [-0.3, -0.25) is 9.59 Å². The number of aliphatic hydroxyl groups is 2. The summed E-state index contributed by atoms with van der Waals surface area (Å²) in [5, 5.41) is 59.7. The van der Waals surface area contributed by atoms with Crippen molar-refractivity contribution in [3.05, 3.63) is 131 Å². The molecule has 1 saturated carbocycles. The van der Waals surface area contributed by atoms with Crippen molar-refractivity contribution in [2.75, 3.05) is 26.4 Å². The minimum Gasteiger partial charge on any atom is -0.508 e. The fourth-order valence-corrected chi connectivity index (χ4v) is 6.15. The van der Waals surface area contributed by atoms with Gasteiger partial charge in [0.1, 0.15) is 61.6 Å². The molecule has 56 heavy (non-hydrogen) atoms. The number of aromatic hydroxyl groups is 4. The van der Waals surface area contributed by atoms with E-state index in [1.165, 1.54) is 84.9 Å². The first-order valence-electron chi connectivity index (χ1n) is 17.4. The molecular formula is C42H40O14. The fraction of sp³-hybridized carbons (Fsp3) is 0.238. The Morgan fingerprint density at radius 1 is 0.464 bits per heavy atom. The molecule has 14 heteroatoms. The van der Waals surface area contributed by atoms with Crippen LogP contribution in [0.1, 0.15) is 34.1 Å². The van der Waals surface area contributed by atoms with E-state index in [1.807, 2.05) is 0 Å². The summed E-state index contributed by atoms with van der Waals surface area (Å²) in [6.07, 6.45) is 2.37. The number of benzene rings is 4. The highest BCUT2D eigenvalue weighted by molar-refractivity contribution is 5.88. The Morgan fingerprint density at radius 2 is 0.750 bits per heavy atom. The highest BCUT2D eigenvalue weighted by Gasteiger charge is 2.59. The van der Waals surface area contributed by atoms with Gasteiger partial charge < -0.3 is 49.6 Å². The molecule has 4 aromatic carbocycles. The maximum atomic E-state index is 13.8. The Morgan fingerprint density at radius 3 is 1.07 bits per heavy atom. The Labute approximate surface area is 321 Å². The van der Waals surface area contributed by atoms with Gasteiger partial charge >= 0.3 is 23.9 Å². The molecule has 0 aromatic heterocycles. The van der Waals surface area contributed by atoms with E-state index >= 15 is 0 Å². The maximum Gasteiger partial charge on any atom is 0.330 e. The Bertz CT molecular complexity index is 1850. The van der Waals surface area contributed by atoms with Crippen molar-refractivity contribution in [2.24, 2.45) is 11.8 Å². The van der Waals surface area contributed by atoms with E-state index in [4.69, 9.17) is 18.9 Å². The average Bonchev–Trinajstić information content (AvgIpc) is 3.18. The highest BCUT2D eigenvalue weighted by atomic mass is 16.6. The maximum absolute atomic E-state index is 13.8. The number of ether oxygens (including phenoxy) is 4. The number of hydrogen-bond acceptors (Lipinski definition) is 14. The number of carbonyl (C=O) groups is 4. The SMILES string of the molecule is O=C(/C=C/c1ccc(O)cc1)OC[C@@H](O)COC(=O)C1C(c2ccc(O)cc2)C(C(=O)OC[C@H](O)COC(=O)/C=C/c2ccc(O)cc2)C1c1ccc(O)cc1. The summed E-state index contributed by atoms with van der Waals surface area (Å²) in [5.41, 5.74) is 2.20. The smallest absolute Gasteiger partial charge is 0.330 e. The molecule has 4 aromatic rings. The van der Waals surface area contributed by atoms with Gasteiger partial charge in [-0.1, -0.05) is 48.5 Å². The largest absolute Gasteiger partial charge is 0.508 e. The quantitative estimate of drug-likeness (QED) is 0.0540. The number of aliphatic hydroxyl groups excluding tert-OH is 2. The van der Waals surface area contributed by atoms with Crippen LogP contribution in [-0.4, -0.2) is 93.2 Å². The molecule has 1 fully saturated rings. The lowest BCUT2D eigenvalue weighted by Gasteiger charge is -2.49. The van der Waals surface area contributed by atoms with Crippen molar-refractivity contribution in [3.8, 4) is 23.0 Å². The van der Waals surface area contributed by atoms with Crippen LogP contribution in [0.15, 0.2) is 109 Å². The third-order valence-corrected chi connectivity index (χ3v) is 8.93. The van der Waals surface area contributed by atoms with E-state index in [1.54, 1.807) is 24.3 Å². The van der Waals surface area contributed by atoms with Crippen LogP contribution in [0.4, 0.5) is 0 Å². The van der Waals surface area contributed by atoms with E-state index in [0.717, 1.165) is 12.2 Å². The Kier molecular flexibility index (Phi) is 13.8. The summed E-state index contributed by atoms with van der Waals surface area (Å²) < 4.78 is 21.1. The lowest BCUT2D eigenvalue weighted by molar-refractivity contribution is -0.171. The Balaban J connectivity index is 1.23. The molecule has 2 atom stereocenters. The van der Waals surface area contributed by atoms with Crippen molar-refractivity contribution >= 4 is 36.0 Å². The molecule has 14 nitrogen and oxygen atoms in total. The first kappa shape index (κ1) is 40.5. The normalized spacial score (nSPS) is 18.8. The first-order chi connectivity index (χ1) is 26.9. The molecule has 6 N–H and O–H groups in total. The Hall–Kier alpha value is -6.64. The van der Waals surface area contributed by atoms with Crippen molar-refractivity contribution in [2.45, 2.75) is 24.0 Å². The van der Waals surface area contributed by atoms with E-state index in [0.29, 0.717) is 22.3 Å². The number of hydrogen-bond donors (Lipinski definition) is 6. The molecule has 0 unspecified atom stereocenters. The zero-order valence-electron chi connectivity index (χ0n) is 29.8. The monoisotopic (exact) mass is 768 g/mol. The fourth-order valence-electron chi connectivity index (χ4n) is 6.15. The van der Waals surface area contributed by atoms with Crippen LogP contribution in [-0.2, 0) is 38.1 Å². The van der Waals surface area contributed by atoms with Crippen LogP contribution in [0.5, 0.6) is 23.0 Å². The predicted molar refractivity (Wildman–Crippen MR) is 199 cm³/mol. The molecular weight excluding hydrogens is 728 g/mol. The van der Waals surface area contributed by atoms with E-state index < -0.39 is 86.2 Å². The summed E-state index contributed by atoms with van der Waals surface area (Å²) in [6, 6.07) is 23.8. The summed E-state index contributed by atoms with van der Waals surface area (Å²) in [6.45, 7) is -2.11. The molecule has 1 aliphatic rings. The van der Waals surface area contributed by atoms with Crippen molar-refractivity contribution in [1.82, 2.24) is 0 Å². The lowest BCUT2D eigenvalue weighted by atomic mass is 9.52. The number of rotatable bonds is 16. The van der Waals surface area contributed by atoms with Gasteiger partial charge in [0.15, 0.2) is 0 Å². The number of phenolic OH excluding ortho intramolecular Hbond substituents is 4. The van der Waals surface area contributed by atoms with Crippen LogP contribution in [0.2, 0.25) is 0 Å². The van der Waals surface area contributed by atoms with Gasteiger partial charge in [0.2, 0.25) is 0 Å². The van der Waals surface area contributed by atoms with Crippen LogP contribution >= 0.6 is 0 Å². The van der Waals surface area contributed by atoms with Gasteiger partial charge in [0.25, 0.3) is 0 Å². The number of esters is 4. The molecule has 0 aliphatic heterocycles. The van der Waals surface area contributed by atoms with Gasteiger partial charge in [-0.2, -0.15) is 0 Å². The van der Waals surface area contributed by atoms with Crippen LogP contribution in [0.25, 0.3) is 12.2 Å². The average molecular weight is 769 g/mol. The van der Waals surface area contributed by atoms with Gasteiger partial charge in [-0.05, 0) is 82.9 Å². The summed E-state index contributed by atoms with van der Waals surface area (Å²) in [5.74, 6) is -6.92. The molecule has 0 radical (unpaired) electrons. The zero-order chi connectivity index (χ0) is 40.2. The van der Waals surface area contributed by atoms with Gasteiger partial charge in [0.05, 0.1) is 11.8 Å². The third kappa shape index (κ3) is 11.2. The zero-order valence-corrected chi connectivity index (χ0v) is 29.8. The van der Waals surface area contributed by atoms with Gasteiger partial charge in [-0.25, -0.2) is 9.59 Å².